The molecule has 0 saturated carbocycles. The van der Waals surface area contributed by atoms with Gasteiger partial charge in [-0.05, 0) is 54.8 Å². The van der Waals surface area contributed by atoms with Crippen LogP contribution in [-0.4, -0.2) is 36.9 Å². The van der Waals surface area contributed by atoms with Crippen LogP contribution in [0.25, 0.3) is 0 Å². The number of thioether (sulfide) groups is 1. The van der Waals surface area contributed by atoms with Crippen molar-refractivity contribution in [2.24, 2.45) is 4.99 Å². The Hall–Kier alpha value is -2.94. The molecule has 8 heteroatoms. The minimum Gasteiger partial charge on any atom is -0.268 e. The molecule has 0 radical (unpaired) electrons. The predicted molar refractivity (Wildman–Crippen MR) is 133 cm³/mol. The number of fused-ring (bicyclic) bond motifs is 1. The van der Waals surface area contributed by atoms with E-state index in [4.69, 9.17) is 4.99 Å². The third kappa shape index (κ3) is 4.34. The molecule has 2 heterocycles. The lowest BCUT2D eigenvalue weighted by atomic mass is 10.1. The average molecular weight is 478 g/mol. The van der Waals surface area contributed by atoms with Gasteiger partial charge in [-0.25, -0.2) is 13.4 Å². The molecule has 33 heavy (non-hydrogen) atoms. The summed E-state index contributed by atoms with van der Waals surface area (Å²) in [5.74, 6) is 0.400. The maximum Gasteiger partial charge on any atom is 0.264 e. The second kappa shape index (κ2) is 9.13. The Kier molecular flexibility index (Phi) is 6.05. The maximum atomic E-state index is 13.8. The van der Waals surface area contributed by atoms with Crippen LogP contribution >= 0.6 is 11.8 Å². The van der Waals surface area contributed by atoms with E-state index in [9.17, 15) is 13.2 Å². The van der Waals surface area contributed by atoms with Gasteiger partial charge in [0.15, 0.2) is 5.17 Å². The number of hydrogen-bond donors (Lipinski definition) is 0. The quantitative estimate of drug-likeness (QED) is 0.527. The minimum atomic E-state index is -3.62. The zero-order chi connectivity index (χ0) is 22.8. The topological polar surface area (TPSA) is 70.1 Å². The summed E-state index contributed by atoms with van der Waals surface area (Å²) >= 11 is 1.49. The number of amidine groups is 1. The van der Waals surface area contributed by atoms with Gasteiger partial charge in [0.2, 0.25) is 10.0 Å². The maximum absolute atomic E-state index is 13.8. The number of anilines is 1. The van der Waals surface area contributed by atoms with Crippen LogP contribution in [0.15, 0.2) is 88.8 Å². The number of hydrogen-bond acceptors (Lipinski definition) is 5. The summed E-state index contributed by atoms with van der Waals surface area (Å²) < 4.78 is 27.6. The van der Waals surface area contributed by atoms with Crippen molar-refractivity contribution >= 4 is 44.2 Å². The molecule has 1 amide bonds. The molecule has 0 atom stereocenters. The average Bonchev–Trinajstić information content (AvgIpc) is 3.40. The first-order valence-corrected chi connectivity index (χ1v) is 13.3. The second-order valence-corrected chi connectivity index (χ2v) is 10.8. The van der Waals surface area contributed by atoms with Crippen molar-refractivity contribution < 1.29 is 13.2 Å². The Morgan fingerprint density at radius 1 is 0.879 bits per heavy atom. The molecular weight excluding hydrogens is 454 g/mol. The van der Waals surface area contributed by atoms with Crippen molar-refractivity contribution in [1.29, 1.82) is 0 Å². The molecular formula is C25H23N3O3S2. The number of nitrogens with zero attached hydrogens (tertiary/aromatic N) is 3. The van der Waals surface area contributed by atoms with E-state index in [1.807, 2.05) is 54.6 Å². The molecule has 0 aromatic heterocycles. The van der Waals surface area contributed by atoms with Gasteiger partial charge in [0.25, 0.3) is 5.91 Å². The first-order chi connectivity index (χ1) is 16.0. The molecule has 168 valence electrons. The number of carbonyl (C=O) groups excluding carboxylic acids is 1. The van der Waals surface area contributed by atoms with Crippen molar-refractivity contribution in [3.8, 4) is 0 Å². The van der Waals surface area contributed by atoms with E-state index in [0.717, 1.165) is 29.8 Å². The van der Waals surface area contributed by atoms with Crippen LogP contribution in [0, 0.1) is 0 Å². The lowest BCUT2D eigenvalue weighted by molar-refractivity contribution is 0.100. The number of para-hydroxylation sites is 2. The van der Waals surface area contributed by atoms with Crippen molar-refractivity contribution in [2.45, 2.75) is 23.5 Å². The van der Waals surface area contributed by atoms with Crippen LogP contribution in [0.2, 0.25) is 0 Å². The Bertz CT molecular complexity index is 1320. The van der Waals surface area contributed by atoms with Gasteiger partial charge in [-0.3, -0.25) is 9.69 Å². The summed E-state index contributed by atoms with van der Waals surface area (Å²) in [5, 5.41) is 0.567. The Morgan fingerprint density at radius 3 is 2.39 bits per heavy atom. The second-order valence-electron chi connectivity index (χ2n) is 7.93. The van der Waals surface area contributed by atoms with Gasteiger partial charge in [0.1, 0.15) is 0 Å². The third-order valence-electron chi connectivity index (χ3n) is 5.75. The molecule has 3 aromatic carbocycles. The lowest BCUT2D eigenvalue weighted by Crippen LogP contribution is -2.38. The molecule has 5 rings (SSSR count). The van der Waals surface area contributed by atoms with Gasteiger partial charge in [0, 0.05) is 24.4 Å². The third-order valence-corrected chi connectivity index (χ3v) is 8.63. The number of amides is 1. The zero-order valence-electron chi connectivity index (χ0n) is 17.9. The van der Waals surface area contributed by atoms with E-state index in [1.165, 1.54) is 22.1 Å². The molecule has 6 nitrogen and oxygen atoms in total. The lowest BCUT2D eigenvalue weighted by Gasteiger charge is -2.30. The standard InChI is InChI=1S/C25H23N3O3S2/c29-24(19-10-8-13-22(17-19)33(30,31)27-15-6-7-16-27)28-23-14-5-4-9-20(23)18-32-25(28)26-21-11-2-1-3-12-21/h1-5,8-14,17H,6-7,15-16,18H2. The smallest absolute Gasteiger partial charge is 0.264 e. The molecule has 2 aliphatic heterocycles. The van der Waals surface area contributed by atoms with Gasteiger partial charge in [-0.2, -0.15) is 4.31 Å². The largest absolute Gasteiger partial charge is 0.268 e. The van der Waals surface area contributed by atoms with Gasteiger partial charge < -0.3 is 0 Å². The van der Waals surface area contributed by atoms with Crippen molar-refractivity contribution in [3.05, 3.63) is 90.0 Å². The van der Waals surface area contributed by atoms with Crippen LogP contribution in [0.1, 0.15) is 28.8 Å². The number of sulfonamides is 1. The van der Waals surface area contributed by atoms with Crippen molar-refractivity contribution in [2.75, 3.05) is 18.0 Å². The fourth-order valence-corrected chi connectivity index (χ4v) is 6.62. The molecule has 0 spiro atoms. The molecule has 1 saturated heterocycles. The van der Waals surface area contributed by atoms with E-state index in [1.54, 1.807) is 23.1 Å². The number of aliphatic imine (C=N–C) groups is 1. The highest BCUT2D eigenvalue weighted by Gasteiger charge is 2.32. The fourth-order valence-electron chi connectivity index (χ4n) is 4.05. The van der Waals surface area contributed by atoms with E-state index >= 15 is 0 Å². The number of benzene rings is 3. The summed E-state index contributed by atoms with van der Waals surface area (Å²) in [6.45, 7) is 1.04. The Morgan fingerprint density at radius 2 is 1.61 bits per heavy atom. The van der Waals surface area contributed by atoms with E-state index in [-0.39, 0.29) is 10.8 Å². The summed E-state index contributed by atoms with van der Waals surface area (Å²) in [6.07, 6.45) is 1.72. The normalized spacial score (nSPS) is 17.8. The van der Waals surface area contributed by atoms with Gasteiger partial charge in [-0.1, -0.05) is 54.2 Å². The van der Waals surface area contributed by atoms with Crippen molar-refractivity contribution in [1.82, 2.24) is 4.31 Å². The molecule has 0 bridgehead atoms. The van der Waals surface area contributed by atoms with Gasteiger partial charge >= 0.3 is 0 Å². The van der Waals surface area contributed by atoms with Crippen LogP contribution in [0.3, 0.4) is 0 Å². The SMILES string of the molecule is O=C(c1cccc(S(=O)(=O)N2CCCC2)c1)N1C(=Nc2ccccc2)SCc2ccccc21. The summed E-state index contributed by atoms with van der Waals surface area (Å²) in [7, 11) is -3.62. The highest BCUT2D eigenvalue weighted by molar-refractivity contribution is 8.13. The monoisotopic (exact) mass is 477 g/mol. The van der Waals surface area contributed by atoms with Crippen molar-refractivity contribution in [3.63, 3.8) is 0 Å². The number of carbonyl (C=O) groups is 1. The molecule has 0 N–H and O–H groups in total. The summed E-state index contributed by atoms with van der Waals surface area (Å²) in [5.41, 5.74) is 2.86. The summed E-state index contributed by atoms with van der Waals surface area (Å²) in [6, 6.07) is 23.6. The highest BCUT2D eigenvalue weighted by atomic mass is 32.2. The van der Waals surface area contributed by atoms with Crippen LogP contribution in [0.5, 0.6) is 0 Å². The summed E-state index contributed by atoms with van der Waals surface area (Å²) in [4.78, 5) is 20.3. The highest BCUT2D eigenvalue weighted by Crippen LogP contribution is 2.36. The predicted octanol–water partition coefficient (Wildman–Crippen LogP) is 5.05. The van der Waals surface area contributed by atoms with Crippen LogP contribution < -0.4 is 4.90 Å². The first-order valence-electron chi connectivity index (χ1n) is 10.8. The van der Waals surface area contributed by atoms with Gasteiger partial charge in [-0.15, -0.1) is 0 Å². The molecule has 0 unspecified atom stereocenters. The van der Waals surface area contributed by atoms with E-state index in [0.29, 0.717) is 29.6 Å². The molecule has 1 fully saturated rings. The van der Waals surface area contributed by atoms with E-state index < -0.39 is 10.0 Å². The fraction of sp³-hybridized carbons (Fsp3) is 0.200. The first kappa shape index (κ1) is 21.9. The van der Waals surface area contributed by atoms with E-state index in [2.05, 4.69) is 0 Å². The van der Waals surface area contributed by atoms with Crippen LogP contribution in [-0.2, 0) is 15.8 Å². The molecule has 2 aliphatic rings. The number of rotatable bonds is 4. The molecule has 3 aromatic rings. The Balaban J connectivity index is 1.56. The minimum absolute atomic E-state index is 0.148. The Labute approximate surface area is 198 Å². The van der Waals surface area contributed by atoms with Gasteiger partial charge in [0.05, 0.1) is 16.3 Å². The zero-order valence-corrected chi connectivity index (χ0v) is 19.6. The van der Waals surface area contributed by atoms with Crippen LogP contribution in [0.4, 0.5) is 11.4 Å². The molecule has 0 aliphatic carbocycles.